The third-order valence-corrected chi connectivity index (χ3v) is 3.18. The minimum absolute atomic E-state index is 0.129. The maximum absolute atomic E-state index is 12.1. The van der Waals surface area contributed by atoms with Crippen LogP contribution in [-0.2, 0) is 4.79 Å². The minimum Gasteiger partial charge on any atom is -0.389 e. The molecule has 0 aliphatic carbocycles. The molecule has 0 saturated carbocycles. The molecule has 1 atom stereocenters. The van der Waals surface area contributed by atoms with Crippen LogP contribution >= 0.6 is 12.2 Å². The summed E-state index contributed by atoms with van der Waals surface area (Å²) in [5.74, 6) is -0.129. The number of nitrogens with two attached hydrogens (primary N) is 1. The Kier molecular flexibility index (Phi) is 4.14. The van der Waals surface area contributed by atoms with Gasteiger partial charge in [-0.3, -0.25) is 9.48 Å². The summed E-state index contributed by atoms with van der Waals surface area (Å²) in [6, 6.07) is 6.72. The molecule has 5 nitrogen and oxygen atoms in total. The summed E-state index contributed by atoms with van der Waals surface area (Å²) in [7, 11) is 0. The van der Waals surface area contributed by atoms with E-state index in [1.807, 2.05) is 13.1 Å². The number of benzene rings is 1. The van der Waals surface area contributed by atoms with Crippen molar-refractivity contribution in [1.29, 1.82) is 0 Å². The summed E-state index contributed by atoms with van der Waals surface area (Å²) in [6.07, 6.45) is 3.56. The Morgan fingerprint density at radius 1 is 1.40 bits per heavy atom. The summed E-state index contributed by atoms with van der Waals surface area (Å²) in [6.45, 7) is 3.73. The normalized spacial score (nSPS) is 11.9. The zero-order valence-electron chi connectivity index (χ0n) is 11.3. The molecule has 0 radical (unpaired) electrons. The van der Waals surface area contributed by atoms with Gasteiger partial charge in [-0.2, -0.15) is 5.10 Å². The Hall–Kier alpha value is -2.21. The van der Waals surface area contributed by atoms with Crippen LogP contribution in [0.2, 0.25) is 0 Å². The standard InChI is InChI=1S/C14H16N4OS/c1-9-7-16-18(8-9)10(2)14(19)17-12-5-3-11(4-6-12)13(15)20/h3-8,10H,1-2H3,(H2,15,20)(H,17,19). The Labute approximate surface area is 122 Å². The molecule has 2 aromatic rings. The topological polar surface area (TPSA) is 72.9 Å². The van der Waals surface area contributed by atoms with Crippen LogP contribution in [0.5, 0.6) is 0 Å². The molecule has 0 spiro atoms. The molecule has 1 heterocycles. The first kappa shape index (κ1) is 14.2. The molecule has 6 heteroatoms. The predicted octanol–water partition coefficient (Wildman–Crippen LogP) is 2.03. The third kappa shape index (κ3) is 3.21. The number of hydrogen-bond donors (Lipinski definition) is 2. The van der Waals surface area contributed by atoms with Gasteiger partial charge >= 0.3 is 0 Å². The second-order valence-electron chi connectivity index (χ2n) is 4.60. The Balaban J connectivity index is 2.05. The number of carbonyl (C=O) groups excluding carboxylic acids is 1. The van der Waals surface area contributed by atoms with Gasteiger partial charge in [0.25, 0.3) is 0 Å². The highest BCUT2D eigenvalue weighted by molar-refractivity contribution is 7.80. The molecule has 1 amide bonds. The van der Waals surface area contributed by atoms with Gasteiger partial charge in [0.1, 0.15) is 11.0 Å². The molecule has 0 aliphatic heterocycles. The monoisotopic (exact) mass is 288 g/mol. The fraction of sp³-hybridized carbons (Fsp3) is 0.214. The second kappa shape index (κ2) is 5.83. The van der Waals surface area contributed by atoms with Gasteiger partial charge in [0.2, 0.25) is 5.91 Å². The lowest BCUT2D eigenvalue weighted by Crippen LogP contribution is -2.24. The van der Waals surface area contributed by atoms with Gasteiger partial charge in [0.15, 0.2) is 0 Å². The van der Waals surface area contributed by atoms with Crippen LogP contribution in [0.25, 0.3) is 0 Å². The molecule has 3 N–H and O–H groups in total. The van der Waals surface area contributed by atoms with Crippen molar-refractivity contribution in [2.75, 3.05) is 5.32 Å². The van der Waals surface area contributed by atoms with E-state index in [9.17, 15) is 4.79 Å². The maximum atomic E-state index is 12.1. The minimum atomic E-state index is -0.376. The molecule has 1 unspecified atom stereocenters. The molecule has 0 fully saturated rings. The molecule has 1 aromatic carbocycles. The number of thiocarbonyl (C=S) groups is 1. The van der Waals surface area contributed by atoms with Crippen molar-refractivity contribution in [2.24, 2.45) is 5.73 Å². The molecule has 1 aromatic heterocycles. The fourth-order valence-electron chi connectivity index (χ4n) is 1.73. The molecule has 2 rings (SSSR count). The number of anilines is 1. The van der Waals surface area contributed by atoms with Crippen LogP contribution < -0.4 is 11.1 Å². The summed E-state index contributed by atoms with van der Waals surface area (Å²) in [5, 5.41) is 6.97. The van der Waals surface area contributed by atoms with Crippen LogP contribution in [-0.4, -0.2) is 20.7 Å². The number of aryl methyl sites for hydroxylation is 1. The van der Waals surface area contributed by atoms with E-state index in [-0.39, 0.29) is 11.9 Å². The molecular formula is C14H16N4OS. The zero-order valence-corrected chi connectivity index (χ0v) is 12.1. The van der Waals surface area contributed by atoms with Crippen molar-refractivity contribution in [2.45, 2.75) is 19.9 Å². The molecule has 20 heavy (non-hydrogen) atoms. The lowest BCUT2D eigenvalue weighted by molar-refractivity contribution is -0.119. The van der Waals surface area contributed by atoms with Crippen molar-refractivity contribution in [1.82, 2.24) is 9.78 Å². The average molecular weight is 288 g/mol. The van der Waals surface area contributed by atoms with Crippen molar-refractivity contribution >= 4 is 28.8 Å². The molecular weight excluding hydrogens is 272 g/mol. The Bertz CT molecular complexity index is 633. The fourth-order valence-corrected chi connectivity index (χ4v) is 1.87. The van der Waals surface area contributed by atoms with Gasteiger partial charge in [-0.05, 0) is 43.7 Å². The number of nitrogens with one attached hydrogen (secondary N) is 1. The Morgan fingerprint density at radius 2 is 2.05 bits per heavy atom. The van der Waals surface area contributed by atoms with Gasteiger partial charge in [0, 0.05) is 17.4 Å². The second-order valence-corrected chi connectivity index (χ2v) is 5.04. The lowest BCUT2D eigenvalue weighted by atomic mass is 10.2. The third-order valence-electron chi connectivity index (χ3n) is 2.94. The number of nitrogens with zero attached hydrogens (tertiary/aromatic N) is 2. The molecule has 0 bridgehead atoms. The molecule has 104 valence electrons. The highest BCUT2D eigenvalue weighted by Gasteiger charge is 2.15. The lowest BCUT2D eigenvalue weighted by Gasteiger charge is -2.13. The summed E-state index contributed by atoms with van der Waals surface area (Å²) in [4.78, 5) is 12.5. The van der Waals surface area contributed by atoms with Gasteiger partial charge in [-0.15, -0.1) is 0 Å². The SMILES string of the molecule is Cc1cnn(C(C)C(=O)Nc2ccc(C(N)=S)cc2)c1. The average Bonchev–Trinajstić information content (AvgIpc) is 2.85. The number of amides is 1. The quantitative estimate of drug-likeness (QED) is 0.844. The van der Waals surface area contributed by atoms with E-state index in [4.69, 9.17) is 18.0 Å². The van der Waals surface area contributed by atoms with Crippen molar-refractivity contribution in [3.8, 4) is 0 Å². The van der Waals surface area contributed by atoms with Crippen molar-refractivity contribution < 1.29 is 4.79 Å². The van der Waals surface area contributed by atoms with Gasteiger partial charge in [-0.1, -0.05) is 12.2 Å². The number of aromatic nitrogens is 2. The predicted molar refractivity (Wildman–Crippen MR) is 82.6 cm³/mol. The van der Waals surface area contributed by atoms with E-state index in [2.05, 4.69) is 10.4 Å². The molecule has 0 saturated heterocycles. The number of carbonyl (C=O) groups is 1. The van der Waals surface area contributed by atoms with Crippen molar-refractivity contribution in [3.63, 3.8) is 0 Å². The first-order chi connectivity index (χ1) is 9.47. The highest BCUT2D eigenvalue weighted by Crippen LogP contribution is 2.13. The summed E-state index contributed by atoms with van der Waals surface area (Å²) >= 11 is 4.88. The van der Waals surface area contributed by atoms with E-state index in [0.717, 1.165) is 11.1 Å². The molecule has 0 aliphatic rings. The zero-order chi connectivity index (χ0) is 14.7. The number of rotatable bonds is 4. The van der Waals surface area contributed by atoms with E-state index in [1.165, 1.54) is 0 Å². The first-order valence-electron chi connectivity index (χ1n) is 6.19. The summed E-state index contributed by atoms with van der Waals surface area (Å²) < 4.78 is 1.63. The Morgan fingerprint density at radius 3 is 2.55 bits per heavy atom. The number of hydrogen-bond acceptors (Lipinski definition) is 3. The van der Waals surface area contributed by atoms with Crippen LogP contribution in [0.1, 0.15) is 24.1 Å². The van der Waals surface area contributed by atoms with Gasteiger partial charge in [-0.25, -0.2) is 0 Å². The van der Waals surface area contributed by atoms with Crippen LogP contribution in [0.3, 0.4) is 0 Å². The van der Waals surface area contributed by atoms with E-state index in [1.54, 1.807) is 42.1 Å². The summed E-state index contributed by atoms with van der Waals surface area (Å²) in [5.41, 5.74) is 8.01. The van der Waals surface area contributed by atoms with Crippen LogP contribution in [0.4, 0.5) is 5.69 Å². The van der Waals surface area contributed by atoms with Crippen LogP contribution in [0, 0.1) is 6.92 Å². The first-order valence-corrected chi connectivity index (χ1v) is 6.59. The van der Waals surface area contributed by atoms with Crippen molar-refractivity contribution in [3.05, 3.63) is 47.8 Å². The van der Waals surface area contributed by atoms with Crippen LogP contribution in [0.15, 0.2) is 36.7 Å². The van der Waals surface area contributed by atoms with E-state index < -0.39 is 0 Å². The van der Waals surface area contributed by atoms with E-state index in [0.29, 0.717) is 10.7 Å². The maximum Gasteiger partial charge on any atom is 0.248 e. The largest absolute Gasteiger partial charge is 0.389 e. The van der Waals surface area contributed by atoms with Gasteiger partial charge < -0.3 is 11.1 Å². The smallest absolute Gasteiger partial charge is 0.248 e. The van der Waals surface area contributed by atoms with E-state index >= 15 is 0 Å². The van der Waals surface area contributed by atoms with Gasteiger partial charge in [0.05, 0.1) is 6.20 Å². The highest BCUT2D eigenvalue weighted by atomic mass is 32.1.